The SMILES string of the molecule is CC1(C)OCC(CN=C(N)N)O1. The summed E-state index contributed by atoms with van der Waals surface area (Å²) in [6.07, 6.45) is -0.0258. The minimum absolute atomic E-state index is 0.0258. The number of hydrogen-bond acceptors (Lipinski definition) is 3. The van der Waals surface area contributed by atoms with Crippen molar-refractivity contribution in [3.05, 3.63) is 0 Å². The zero-order valence-electron chi connectivity index (χ0n) is 7.41. The van der Waals surface area contributed by atoms with Gasteiger partial charge in [0.2, 0.25) is 0 Å². The summed E-state index contributed by atoms with van der Waals surface area (Å²) in [5.41, 5.74) is 10.3. The maximum absolute atomic E-state index is 5.46. The molecule has 0 amide bonds. The van der Waals surface area contributed by atoms with Gasteiger partial charge in [0.15, 0.2) is 11.7 Å². The van der Waals surface area contributed by atoms with Crippen LogP contribution in [0.25, 0.3) is 0 Å². The van der Waals surface area contributed by atoms with Crippen LogP contribution in [0.2, 0.25) is 0 Å². The predicted molar refractivity (Wildman–Crippen MR) is 45.6 cm³/mol. The first kappa shape index (κ1) is 9.28. The van der Waals surface area contributed by atoms with Crippen LogP contribution in [0.1, 0.15) is 13.8 Å². The first-order valence-electron chi connectivity index (χ1n) is 3.87. The molecule has 1 aliphatic heterocycles. The van der Waals surface area contributed by atoms with Gasteiger partial charge in [-0.3, -0.25) is 4.99 Å². The third kappa shape index (κ3) is 2.67. The number of nitrogens with zero attached hydrogens (tertiary/aromatic N) is 1. The van der Waals surface area contributed by atoms with Crippen LogP contribution >= 0.6 is 0 Å². The Morgan fingerprint density at radius 3 is 2.67 bits per heavy atom. The highest BCUT2D eigenvalue weighted by molar-refractivity contribution is 5.75. The van der Waals surface area contributed by atoms with Gasteiger partial charge in [-0.15, -0.1) is 0 Å². The fourth-order valence-corrected chi connectivity index (χ4v) is 1.06. The molecular formula is C7H15N3O2. The molecule has 5 nitrogen and oxygen atoms in total. The van der Waals surface area contributed by atoms with Crippen molar-refractivity contribution in [3.63, 3.8) is 0 Å². The van der Waals surface area contributed by atoms with Gasteiger partial charge in [0, 0.05) is 0 Å². The van der Waals surface area contributed by atoms with Crippen molar-refractivity contribution in [2.45, 2.75) is 25.7 Å². The van der Waals surface area contributed by atoms with E-state index >= 15 is 0 Å². The van der Waals surface area contributed by atoms with Gasteiger partial charge in [-0.1, -0.05) is 0 Å². The highest BCUT2D eigenvalue weighted by atomic mass is 16.7. The van der Waals surface area contributed by atoms with Crippen molar-refractivity contribution in [2.24, 2.45) is 16.5 Å². The quantitative estimate of drug-likeness (QED) is 0.432. The molecular weight excluding hydrogens is 158 g/mol. The lowest BCUT2D eigenvalue weighted by Crippen LogP contribution is -2.27. The van der Waals surface area contributed by atoms with E-state index in [1.807, 2.05) is 13.8 Å². The minimum atomic E-state index is -0.496. The first-order valence-corrected chi connectivity index (χ1v) is 3.87. The molecule has 0 aromatic carbocycles. The fraction of sp³-hybridized carbons (Fsp3) is 0.857. The van der Waals surface area contributed by atoms with Crippen molar-refractivity contribution >= 4 is 5.96 Å². The molecule has 0 spiro atoms. The molecule has 1 fully saturated rings. The second-order valence-corrected chi connectivity index (χ2v) is 3.22. The van der Waals surface area contributed by atoms with Crippen molar-refractivity contribution in [1.29, 1.82) is 0 Å². The van der Waals surface area contributed by atoms with Gasteiger partial charge >= 0.3 is 0 Å². The van der Waals surface area contributed by atoms with Crippen LogP contribution in [0.15, 0.2) is 4.99 Å². The molecule has 0 radical (unpaired) electrons. The Morgan fingerprint density at radius 2 is 2.25 bits per heavy atom. The van der Waals surface area contributed by atoms with Crippen molar-refractivity contribution < 1.29 is 9.47 Å². The van der Waals surface area contributed by atoms with Gasteiger partial charge < -0.3 is 20.9 Å². The lowest BCUT2D eigenvalue weighted by molar-refractivity contribution is -0.137. The van der Waals surface area contributed by atoms with Gasteiger partial charge in [0.25, 0.3) is 0 Å². The average molecular weight is 173 g/mol. The van der Waals surface area contributed by atoms with Crippen LogP contribution in [0.4, 0.5) is 0 Å². The zero-order valence-corrected chi connectivity index (χ0v) is 7.41. The molecule has 12 heavy (non-hydrogen) atoms. The van der Waals surface area contributed by atoms with Gasteiger partial charge in [-0.25, -0.2) is 0 Å². The molecule has 1 aliphatic rings. The Hall–Kier alpha value is -0.810. The summed E-state index contributed by atoms with van der Waals surface area (Å²) >= 11 is 0. The molecule has 0 aliphatic carbocycles. The lowest BCUT2D eigenvalue weighted by atomic mass is 10.4. The maximum Gasteiger partial charge on any atom is 0.186 e. The number of rotatable bonds is 2. The number of hydrogen-bond donors (Lipinski definition) is 2. The number of aliphatic imine (C=N–C) groups is 1. The normalized spacial score (nSPS) is 27.0. The summed E-state index contributed by atoms with van der Waals surface area (Å²) < 4.78 is 10.8. The van der Waals surface area contributed by atoms with Gasteiger partial charge in [0.1, 0.15) is 6.10 Å². The summed E-state index contributed by atoms with van der Waals surface area (Å²) in [6, 6.07) is 0. The molecule has 1 rings (SSSR count). The minimum Gasteiger partial charge on any atom is -0.370 e. The Bertz CT molecular complexity index is 187. The molecule has 0 aromatic heterocycles. The fourth-order valence-electron chi connectivity index (χ4n) is 1.06. The molecule has 0 bridgehead atoms. The van der Waals surface area contributed by atoms with E-state index in [1.165, 1.54) is 0 Å². The molecule has 1 unspecified atom stereocenters. The van der Waals surface area contributed by atoms with E-state index in [0.717, 1.165) is 0 Å². The Labute approximate surface area is 71.7 Å². The standard InChI is InChI=1S/C7H15N3O2/c1-7(2)11-4-5(12-7)3-10-6(8)9/h5H,3-4H2,1-2H3,(H4,8,9,10). The van der Waals surface area contributed by atoms with E-state index in [0.29, 0.717) is 13.2 Å². The molecule has 4 N–H and O–H groups in total. The summed E-state index contributed by atoms with van der Waals surface area (Å²) in [6.45, 7) is 4.74. The van der Waals surface area contributed by atoms with Crippen LogP contribution in [0.3, 0.4) is 0 Å². The van der Waals surface area contributed by atoms with Gasteiger partial charge in [-0.05, 0) is 13.8 Å². The number of ether oxygens (including phenoxy) is 2. The third-order valence-electron chi connectivity index (χ3n) is 1.54. The zero-order chi connectivity index (χ0) is 9.19. The second-order valence-electron chi connectivity index (χ2n) is 3.22. The molecule has 1 heterocycles. The van der Waals surface area contributed by atoms with E-state index in [1.54, 1.807) is 0 Å². The van der Waals surface area contributed by atoms with Crippen molar-refractivity contribution in [1.82, 2.24) is 0 Å². The Balaban J connectivity index is 2.34. The Morgan fingerprint density at radius 1 is 1.58 bits per heavy atom. The van der Waals surface area contributed by atoms with Crippen LogP contribution in [0, 0.1) is 0 Å². The largest absolute Gasteiger partial charge is 0.370 e. The Kier molecular flexibility index (Phi) is 2.54. The third-order valence-corrected chi connectivity index (χ3v) is 1.54. The summed E-state index contributed by atoms with van der Waals surface area (Å²) in [5, 5.41) is 0. The molecule has 1 atom stereocenters. The van der Waals surface area contributed by atoms with Crippen LogP contribution in [0.5, 0.6) is 0 Å². The molecule has 0 aromatic rings. The predicted octanol–water partition coefficient (Wildman–Crippen LogP) is -0.589. The number of nitrogens with two attached hydrogens (primary N) is 2. The summed E-state index contributed by atoms with van der Waals surface area (Å²) in [4.78, 5) is 3.84. The molecule has 1 saturated heterocycles. The topological polar surface area (TPSA) is 82.9 Å². The van der Waals surface area contributed by atoms with Crippen LogP contribution < -0.4 is 11.5 Å². The van der Waals surface area contributed by atoms with Gasteiger partial charge in [0.05, 0.1) is 13.2 Å². The molecule has 70 valence electrons. The van der Waals surface area contributed by atoms with E-state index in [9.17, 15) is 0 Å². The number of guanidine groups is 1. The van der Waals surface area contributed by atoms with E-state index in [4.69, 9.17) is 20.9 Å². The van der Waals surface area contributed by atoms with Crippen LogP contribution in [-0.4, -0.2) is 31.0 Å². The van der Waals surface area contributed by atoms with Crippen LogP contribution in [-0.2, 0) is 9.47 Å². The second kappa shape index (κ2) is 3.28. The molecule has 0 saturated carbocycles. The molecule has 5 heteroatoms. The summed E-state index contributed by atoms with van der Waals surface area (Å²) in [5.74, 6) is -0.410. The first-order chi connectivity index (χ1) is 5.49. The summed E-state index contributed by atoms with van der Waals surface area (Å²) in [7, 11) is 0. The smallest absolute Gasteiger partial charge is 0.186 e. The highest BCUT2D eigenvalue weighted by Crippen LogP contribution is 2.21. The monoisotopic (exact) mass is 173 g/mol. The van der Waals surface area contributed by atoms with E-state index in [2.05, 4.69) is 4.99 Å². The van der Waals surface area contributed by atoms with E-state index < -0.39 is 5.79 Å². The maximum atomic E-state index is 5.46. The average Bonchev–Trinajstić information content (AvgIpc) is 2.26. The lowest BCUT2D eigenvalue weighted by Gasteiger charge is -2.16. The van der Waals surface area contributed by atoms with E-state index in [-0.39, 0.29) is 12.1 Å². The van der Waals surface area contributed by atoms with Gasteiger partial charge in [-0.2, -0.15) is 0 Å². The highest BCUT2D eigenvalue weighted by Gasteiger charge is 2.32. The van der Waals surface area contributed by atoms with Crippen molar-refractivity contribution in [2.75, 3.05) is 13.2 Å². The van der Waals surface area contributed by atoms with Crippen molar-refractivity contribution in [3.8, 4) is 0 Å².